The molecule has 0 bridgehead atoms. The standard InChI is InChI=1S/C12H27NO/c1-4-5-6-7-8-9-13-12(10-14)11(2)3/h11-14H,4-10H2,1-3H3/t12-/m1/s1. The summed E-state index contributed by atoms with van der Waals surface area (Å²) in [5, 5.41) is 12.5. The lowest BCUT2D eigenvalue weighted by Gasteiger charge is -2.19. The van der Waals surface area contributed by atoms with Crippen molar-refractivity contribution in [2.45, 2.75) is 58.9 Å². The molecule has 0 saturated carbocycles. The summed E-state index contributed by atoms with van der Waals surface area (Å²) in [6, 6.07) is 0.279. The zero-order valence-electron chi connectivity index (χ0n) is 10.1. The molecule has 0 aromatic rings. The average Bonchev–Trinajstić information content (AvgIpc) is 2.16. The third kappa shape index (κ3) is 7.34. The van der Waals surface area contributed by atoms with Crippen LogP contribution in [0.1, 0.15) is 52.9 Å². The van der Waals surface area contributed by atoms with Crippen molar-refractivity contribution in [2.24, 2.45) is 5.92 Å². The van der Waals surface area contributed by atoms with Gasteiger partial charge in [0.25, 0.3) is 0 Å². The van der Waals surface area contributed by atoms with Crippen molar-refractivity contribution >= 4 is 0 Å². The van der Waals surface area contributed by atoms with Crippen LogP contribution in [0.15, 0.2) is 0 Å². The summed E-state index contributed by atoms with van der Waals surface area (Å²) in [5.41, 5.74) is 0. The van der Waals surface area contributed by atoms with Crippen LogP contribution in [-0.4, -0.2) is 24.3 Å². The normalized spacial score (nSPS) is 13.5. The van der Waals surface area contributed by atoms with Gasteiger partial charge < -0.3 is 10.4 Å². The number of rotatable bonds is 9. The Morgan fingerprint density at radius 2 is 1.71 bits per heavy atom. The molecule has 0 aliphatic carbocycles. The van der Waals surface area contributed by atoms with Crippen molar-refractivity contribution in [3.63, 3.8) is 0 Å². The largest absolute Gasteiger partial charge is 0.395 e. The smallest absolute Gasteiger partial charge is 0.0587 e. The summed E-state index contributed by atoms with van der Waals surface area (Å²) in [4.78, 5) is 0. The van der Waals surface area contributed by atoms with Gasteiger partial charge in [0.05, 0.1) is 6.61 Å². The molecule has 86 valence electrons. The van der Waals surface area contributed by atoms with E-state index in [-0.39, 0.29) is 12.6 Å². The van der Waals surface area contributed by atoms with E-state index < -0.39 is 0 Å². The van der Waals surface area contributed by atoms with E-state index in [9.17, 15) is 0 Å². The number of hydrogen-bond acceptors (Lipinski definition) is 2. The number of unbranched alkanes of at least 4 members (excludes halogenated alkanes) is 4. The molecule has 0 saturated heterocycles. The van der Waals surface area contributed by atoms with E-state index in [2.05, 4.69) is 26.1 Å². The minimum atomic E-state index is 0.257. The van der Waals surface area contributed by atoms with Crippen LogP contribution in [0.25, 0.3) is 0 Å². The minimum absolute atomic E-state index is 0.257. The molecule has 2 N–H and O–H groups in total. The lowest BCUT2D eigenvalue weighted by atomic mass is 10.1. The van der Waals surface area contributed by atoms with Gasteiger partial charge in [-0.25, -0.2) is 0 Å². The van der Waals surface area contributed by atoms with Crippen LogP contribution < -0.4 is 5.32 Å². The second kappa shape index (κ2) is 9.47. The van der Waals surface area contributed by atoms with Gasteiger partial charge in [-0.1, -0.05) is 46.5 Å². The number of nitrogens with one attached hydrogen (secondary N) is 1. The van der Waals surface area contributed by atoms with Crippen molar-refractivity contribution in [3.05, 3.63) is 0 Å². The molecule has 0 aliphatic rings. The van der Waals surface area contributed by atoms with Gasteiger partial charge >= 0.3 is 0 Å². The maximum atomic E-state index is 9.07. The van der Waals surface area contributed by atoms with Crippen molar-refractivity contribution in [1.29, 1.82) is 0 Å². The first-order valence-electron chi connectivity index (χ1n) is 6.06. The van der Waals surface area contributed by atoms with Gasteiger partial charge in [-0.05, 0) is 18.9 Å². The second-order valence-corrected chi connectivity index (χ2v) is 4.40. The molecule has 0 aromatic carbocycles. The van der Waals surface area contributed by atoms with Crippen LogP contribution in [-0.2, 0) is 0 Å². The van der Waals surface area contributed by atoms with E-state index in [1.807, 2.05) is 0 Å². The first-order valence-corrected chi connectivity index (χ1v) is 6.06. The first-order chi connectivity index (χ1) is 6.72. The summed E-state index contributed by atoms with van der Waals surface area (Å²) in [6.45, 7) is 7.83. The molecule has 2 nitrogen and oxygen atoms in total. The molecular formula is C12H27NO. The Kier molecular flexibility index (Phi) is 9.42. The Labute approximate surface area is 89.1 Å². The third-order valence-electron chi connectivity index (χ3n) is 2.69. The quantitative estimate of drug-likeness (QED) is 0.562. The van der Waals surface area contributed by atoms with Crippen LogP contribution >= 0.6 is 0 Å². The predicted octanol–water partition coefficient (Wildman–Crippen LogP) is 2.56. The predicted molar refractivity (Wildman–Crippen MR) is 62.5 cm³/mol. The topological polar surface area (TPSA) is 32.3 Å². The van der Waals surface area contributed by atoms with Crippen molar-refractivity contribution < 1.29 is 5.11 Å². The van der Waals surface area contributed by atoms with Gasteiger partial charge in [-0.3, -0.25) is 0 Å². The van der Waals surface area contributed by atoms with Crippen LogP contribution in [0.4, 0.5) is 0 Å². The molecule has 0 amide bonds. The van der Waals surface area contributed by atoms with Crippen molar-refractivity contribution in [3.8, 4) is 0 Å². The summed E-state index contributed by atoms with van der Waals surface area (Å²) < 4.78 is 0. The molecule has 0 radical (unpaired) electrons. The maximum Gasteiger partial charge on any atom is 0.0587 e. The molecule has 0 rings (SSSR count). The summed E-state index contributed by atoms with van der Waals surface area (Å²) in [7, 11) is 0. The van der Waals surface area contributed by atoms with Gasteiger partial charge in [-0.15, -0.1) is 0 Å². The van der Waals surface area contributed by atoms with Gasteiger partial charge in [0, 0.05) is 6.04 Å². The number of hydrogen-bond donors (Lipinski definition) is 2. The zero-order valence-corrected chi connectivity index (χ0v) is 10.1. The zero-order chi connectivity index (χ0) is 10.8. The fourth-order valence-electron chi connectivity index (χ4n) is 1.53. The van der Waals surface area contributed by atoms with Gasteiger partial charge in [-0.2, -0.15) is 0 Å². The molecule has 0 aliphatic heterocycles. The molecular weight excluding hydrogens is 174 g/mol. The second-order valence-electron chi connectivity index (χ2n) is 4.40. The van der Waals surface area contributed by atoms with Crippen LogP contribution in [0, 0.1) is 5.92 Å². The molecule has 0 aromatic heterocycles. The van der Waals surface area contributed by atoms with E-state index in [1.165, 1.54) is 32.1 Å². The highest BCUT2D eigenvalue weighted by Gasteiger charge is 2.09. The first kappa shape index (κ1) is 13.9. The molecule has 0 fully saturated rings. The molecule has 2 heteroatoms. The van der Waals surface area contributed by atoms with E-state index in [0.717, 1.165) is 6.54 Å². The van der Waals surface area contributed by atoms with Crippen LogP contribution in [0.5, 0.6) is 0 Å². The fourth-order valence-corrected chi connectivity index (χ4v) is 1.53. The van der Waals surface area contributed by atoms with Gasteiger partial charge in [0.1, 0.15) is 0 Å². The van der Waals surface area contributed by atoms with Crippen molar-refractivity contribution in [1.82, 2.24) is 5.32 Å². The highest BCUT2D eigenvalue weighted by Crippen LogP contribution is 2.03. The fraction of sp³-hybridized carbons (Fsp3) is 1.00. The summed E-state index contributed by atoms with van der Waals surface area (Å²) >= 11 is 0. The van der Waals surface area contributed by atoms with E-state index >= 15 is 0 Å². The Bertz CT molecular complexity index is 115. The molecule has 1 atom stereocenters. The monoisotopic (exact) mass is 201 g/mol. The Morgan fingerprint density at radius 1 is 1.07 bits per heavy atom. The Hall–Kier alpha value is -0.0800. The van der Waals surface area contributed by atoms with Gasteiger partial charge in [0.15, 0.2) is 0 Å². The molecule has 0 heterocycles. The SMILES string of the molecule is CCCCCCCN[C@H](CO)C(C)C. The van der Waals surface area contributed by atoms with E-state index in [1.54, 1.807) is 0 Å². The lowest BCUT2D eigenvalue weighted by molar-refractivity contribution is 0.210. The van der Waals surface area contributed by atoms with Crippen LogP contribution in [0.3, 0.4) is 0 Å². The minimum Gasteiger partial charge on any atom is -0.395 e. The number of aliphatic hydroxyl groups is 1. The third-order valence-corrected chi connectivity index (χ3v) is 2.69. The molecule has 14 heavy (non-hydrogen) atoms. The van der Waals surface area contributed by atoms with E-state index in [4.69, 9.17) is 5.11 Å². The van der Waals surface area contributed by atoms with Crippen LogP contribution in [0.2, 0.25) is 0 Å². The Morgan fingerprint density at radius 3 is 2.21 bits per heavy atom. The summed E-state index contributed by atoms with van der Waals surface area (Å²) in [6.07, 6.45) is 6.57. The average molecular weight is 201 g/mol. The maximum absolute atomic E-state index is 9.07. The lowest BCUT2D eigenvalue weighted by Crippen LogP contribution is -2.37. The highest BCUT2D eigenvalue weighted by atomic mass is 16.3. The van der Waals surface area contributed by atoms with E-state index in [0.29, 0.717) is 5.92 Å². The summed E-state index contributed by atoms with van der Waals surface area (Å²) in [5.74, 6) is 0.524. The highest BCUT2D eigenvalue weighted by molar-refractivity contribution is 4.68. The van der Waals surface area contributed by atoms with Gasteiger partial charge in [0.2, 0.25) is 0 Å². The molecule has 0 unspecified atom stereocenters. The van der Waals surface area contributed by atoms with Crippen molar-refractivity contribution in [2.75, 3.05) is 13.2 Å². The number of aliphatic hydroxyl groups excluding tert-OH is 1. The Balaban J connectivity index is 3.25. The molecule has 0 spiro atoms.